The van der Waals surface area contributed by atoms with Gasteiger partial charge in [-0.05, 0) is 30.7 Å². The molecule has 2 aliphatic rings. The van der Waals surface area contributed by atoms with Crippen molar-refractivity contribution < 1.29 is 14.3 Å². The predicted octanol–water partition coefficient (Wildman–Crippen LogP) is 2.24. The van der Waals surface area contributed by atoms with Crippen molar-refractivity contribution in [1.82, 2.24) is 19.4 Å². The second-order valence-corrected chi connectivity index (χ2v) is 10.1. The highest BCUT2D eigenvalue weighted by atomic mass is 35.5. The number of nitrogens with zero attached hydrogens (tertiary/aromatic N) is 5. The molecule has 11 heteroatoms. The SMILES string of the molecule is Cc1c(C(=O)N2CCN(c3cccc(Cl)c3)CC2)sc2ncn(CC(=O)N3CCOCC3)c(=O)c12. The fraction of sp³-hybridized carbons (Fsp3) is 0.417. The molecule has 0 unspecified atom stereocenters. The molecule has 3 aromatic rings. The van der Waals surface area contributed by atoms with Crippen LogP contribution in [0.2, 0.25) is 5.02 Å². The van der Waals surface area contributed by atoms with Gasteiger partial charge in [0, 0.05) is 50.0 Å². The highest BCUT2D eigenvalue weighted by molar-refractivity contribution is 7.20. The summed E-state index contributed by atoms with van der Waals surface area (Å²) in [6, 6.07) is 7.70. The van der Waals surface area contributed by atoms with E-state index >= 15 is 0 Å². The largest absolute Gasteiger partial charge is 0.378 e. The van der Waals surface area contributed by atoms with Gasteiger partial charge in [-0.15, -0.1) is 11.3 Å². The number of aryl methyl sites for hydroxylation is 1. The van der Waals surface area contributed by atoms with E-state index in [1.165, 1.54) is 22.2 Å². The molecule has 0 bridgehead atoms. The van der Waals surface area contributed by atoms with Crippen molar-refractivity contribution in [3.05, 3.63) is 56.4 Å². The first-order chi connectivity index (χ1) is 16.9. The monoisotopic (exact) mass is 515 g/mol. The first-order valence-electron chi connectivity index (χ1n) is 11.6. The average Bonchev–Trinajstić information content (AvgIpc) is 3.22. The number of piperazine rings is 1. The highest BCUT2D eigenvalue weighted by Crippen LogP contribution is 2.29. The van der Waals surface area contributed by atoms with E-state index in [9.17, 15) is 14.4 Å². The fourth-order valence-corrected chi connectivity index (χ4v) is 5.81. The normalized spacial score (nSPS) is 16.7. The number of amides is 2. The van der Waals surface area contributed by atoms with Gasteiger partial charge in [-0.25, -0.2) is 4.98 Å². The van der Waals surface area contributed by atoms with Crippen LogP contribution in [0, 0.1) is 6.92 Å². The first kappa shape index (κ1) is 23.8. The minimum absolute atomic E-state index is 0.0776. The van der Waals surface area contributed by atoms with Gasteiger partial charge in [0.2, 0.25) is 5.91 Å². The summed E-state index contributed by atoms with van der Waals surface area (Å²) in [7, 11) is 0. The molecule has 1 aromatic carbocycles. The van der Waals surface area contributed by atoms with E-state index < -0.39 is 0 Å². The lowest BCUT2D eigenvalue weighted by Crippen LogP contribution is -2.48. The lowest BCUT2D eigenvalue weighted by molar-refractivity contribution is -0.135. The van der Waals surface area contributed by atoms with E-state index in [1.54, 1.807) is 11.8 Å². The number of morpholine rings is 1. The third kappa shape index (κ3) is 4.78. The summed E-state index contributed by atoms with van der Waals surface area (Å²) >= 11 is 7.36. The van der Waals surface area contributed by atoms with Crippen molar-refractivity contribution in [2.24, 2.45) is 0 Å². The Morgan fingerprint density at radius 2 is 1.83 bits per heavy atom. The van der Waals surface area contributed by atoms with Crippen LogP contribution in [0.5, 0.6) is 0 Å². The number of rotatable bonds is 4. The van der Waals surface area contributed by atoms with Crippen molar-refractivity contribution in [2.75, 3.05) is 57.4 Å². The predicted molar refractivity (Wildman–Crippen MR) is 136 cm³/mol. The number of carbonyl (C=O) groups excluding carboxylic acids is 2. The van der Waals surface area contributed by atoms with Crippen LogP contribution >= 0.6 is 22.9 Å². The van der Waals surface area contributed by atoms with Gasteiger partial charge in [0.1, 0.15) is 11.4 Å². The van der Waals surface area contributed by atoms with E-state index in [4.69, 9.17) is 16.3 Å². The summed E-state index contributed by atoms with van der Waals surface area (Å²) in [6.45, 7) is 6.29. The summed E-state index contributed by atoms with van der Waals surface area (Å²) in [6.07, 6.45) is 1.40. The number of hydrogen-bond donors (Lipinski definition) is 0. The van der Waals surface area contributed by atoms with Crippen molar-refractivity contribution in [3.8, 4) is 0 Å². The average molecular weight is 516 g/mol. The Balaban J connectivity index is 1.32. The molecule has 0 N–H and O–H groups in total. The molecule has 2 aliphatic heterocycles. The fourth-order valence-electron chi connectivity index (χ4n) is 4.52. The van der Waals surface area contributed by atoms with Crippen LogP contribution in [0.15, 0.2) is 35.4 Å². The van der Waals surface area contributed by atoms with Gasteiger partial charge in [0.15, 0.2) is 0 Å². The van der Waals surface area contributed by atoms with Crippen LogP contribution < -0.4 is 10.5 Å². The molecule has 4 heterocycles. The van der Waals surface area contributed by atoms with Gasteiger partial charge in [-0.2, -0.15) is 0 Å². The summed E-state index contributed by atoms with van der Waals surface area (Å²) in [4.78, 5) is 50.3. The lowest BCUT2D eigenvalue weighted by Gasteiger charge is -2.36. The molecule has 5 rings (SSSR count). The molecule has 184 valence electrons. The second kappa shape index (κ2) is 9.96. The standard InChI is InChI=1S/C24H26ClN5O4S/c1-16-20-22(26-15-30(23(20)32)14-19(31)28-9-11-34-12-10-28)35-21(16)24(33)29-7-5-27(6-8-29)18-4-2-3-17(25)13-18/h2-4,13,15H,5-12,14H2,1H3. The van der Waals surface area contributed by atoms with E-state index in [2.05, 4.69) is 9.88 Å². The van der Waals surface area contributed by atoms with Gasteiger partial charge >= 0.3 is 0 Å². The van der Waals surface area contributed by atoms with Crippen molar-refractivity contribution in [1.29, 1.82) is 0 Å². The van der Waals surface area contributed by atoms with Crippen molar-refractivity contribution in [3.63, 3.8) is 0 Å². The van der Waals surface area contributed by atoms with Gasteiger partial charge in [-0.1, -0.05) is 17.7 Å². The summed E-state index contributed by atoms with van der Waals surface area (Å²) in [5.74, 6) is -0.232. The maximum Gasteiger partial charge on any atom is 0.264 e. The number of fused-ring (bicyclic) bond motifs is 1. The minimum atomic E-state index is -0.296. The Kier molecular flexibility index (Phi) is 6.77. The van der Waals surface area contributed by atoms with Crippen LogP contribution in [-0.4, -0.2) is 83.6 Å². The van der Waals surface area contributed by atoms with E-state index in [-0.39, 0.29) is 23.9 Å². The molecule has 2 fully saturated rings. The maximum atomic E-state index is 13.4. The molecule has 0 saturated carbocycles. The summed E-state index contributed by atoms with van der Waals surface area (Å²) in [5, 5.41) is 1.10. The number of thiophene rings is 1. The van der Waals surface area contributed by atoms with E-state index in [0.717, 1.165) is 5.69 Å². The number of hydrogen-bond acceptors (Lipinski definition) is 7. The molecule has 2 saturated heterocycles. The summed E-state index contributed by atoms with van der Waals surface area (Å²) < 4.78 is 6.62. The van der Waals surface area contributed by atoms with E-state index in [1.807, 2.05) is 29.2 Å². The smallest absolute Gasteiger partial charge is 0.264 e. The minimum Gasteiger partial charge on any atom is -0.378 e. The Hall–Kier alpha value is -2.95. The van der Waals surface area contributed by atoms with Crippen LogP contribution in [0.3, 0.4) is 0 Å². The Morgan fingerprint density at radius 1 is 1.09 bits per heavy atom. The van der Waals surface area contributed by atoms with Gasteiger partial charge < -0.3 is 19.4 Å². The highest BCUT2D eigenvalue weighted by Gasteiger charge is 2.27. The molecule has 0 radical (unpaired) electrons. The maximum absolute atomic E-state index is 13.4. The van der Waals surface area contributed by atoms with Crippen molar-refractivity contribution >= 4 is 50.7 Å². The van der Waals surface area contributed by atoms with Gasteiger partial charge in [-0.3, -0.25) is 19.0 Å². The van der Waals surface area contributed by atoms with E-state index in [0.29, 0.717) is 78.2 Å². The summed E-state index contributed by atoms with van der Waals surface area (Å²) in [5.41, 5.74) is 1.37. The molecule has 2 amide bonds. The topological polar surface area (TPSA) is 88.0 Å². The third-order valence-corrected chi connectivity index (χ3v) is 7.94. The molecular formula is C24H26ClN5O4S. The number of carbonyl (C=O) groups is 2. The number of benzene rings is 1. The number of aromatic nitrogens is 2. The molecule has 35 heavy (non-hydrogen) atoms. The first-order valence-corrected chi connectivity index (χ1v) is 12.8. The quantitative estimate of drug-likeness (QED) is 0.529. The lowest BCUT2D eigenvalue weighted by atomic mass is 10.2. The van der Waals surface area contributed by atoms with Crippen LogP contribution in [0.25, 0.3) is 10.2 Å². The molecule has 0 aliphatic carbocycles. The number of halogens is 1. The van der Waals surface area contributed by atoms with Crippen molar-refractivity contribution in [2.45, 2.75) is 13.5 Å². The molecule has 9 nitrogen and oxygen atoms in total. The molecule has 0 atom stereocenters. The van der Waals surface area contributed by atoms with Crippen LogP contribution in [-0.2, 0) is 16.1 Å². The zero-order valence-corrected chi connectivity index (χ0v) is 21.0. The van der Waals surface area contributed by atoms with Crippen LogP contribution in [0.4, 0.5) is 5.69 Å². The number of ether oxygens (including phenoxy) is 1. The number of anilines is 1. The molecule has 0 spiro atoms. The Morgan fingerprint density at radius 3 is 2.54 bits per heavy atom. The molecular weight excluding hydrogens is 490 g/mol. The van der Waals surface area contributed by atoms with Gasteiger partial charge in [0.05, 0.1) is 29.8 Å². The third-order valence-electron chi connectivity index (χ3n) is 6.52. The molecule has 2 aromatic heterocycles. The zero-order chi connectivity index (χ0) is 24.5. The van der Waals surface area contributed by atoms with Gasteiger partial charge in [0.25, 0.3) is 11.5 Å². The Labute approximate surface area is 211 Å². The zero-order valence-electron chi connectivity index (χ0n) is 19.4. The second-order valence-electron chi connectivity index (χ2n) is 8.67. The van der Waals surface area contributed by atoms with Crippen LogP contribution in [0.1, 0.15) is 15.2 Å². The Bertz CT molecular complexity index is 1330.